The van der Waals surface area contributed by atoms with E-state index in [1.54, 1.807) is 0 Å². The maximum absolute atomic E-state index is 6.43. The number of benzene rings is 1. The van der Waals surface area contributed by atoms with Crippen LogP contribution in [0.15, 0.2) is 24.3 Å². The Hall–Kier alpha value is -1.02. The van der Waals surface area contributed by atoms with E-state index in [-0.39, 0.29) is 5.38 Å². The van der Waals surface area contributed by atoms with Gasteiger partial charge in [0.25, 0.3) is 0 Å². The van der Waals surface area contributed by atoms with Gasteiger partial charge in [0.1, 0.15) is 5.82 Å². The van der Waals surface area contributed by atoms with Crippen LogP contribution in [0, 0.1) is 17.8 Å². The summed E-state index contributed by atoms with van der Waals surface area (Å²) in [6, 6.07) is 8.96. The van der Waals surface area contributed by atoms with E-state index in [1.165, 1.54) is 31.2 Å². The normalized spacial score (nSPS) is 30.9. The minimum atomic E-state index is -0.0431. The fourth-order valence-corrected chi connectivity index (χ4v) is 5.00. The molecule has 5 atom stereocenters. The van der Waals surface area contributed by atoms with Crippen molar-refractivity contribution in [3.63, 3.8) is 0 Å². The number of halogens is 1. The summed E-state index contributed by atoms with van der Waals surface area (Å²) in [6.45, 7) is 4.41. The van der Waals surface area contributed by atoms with Gasteiger partial charge in [0.2, 0.25) is 0 Å². The molecule has 2 aromatic rings. The van der Waals surface area contributed by atoms with Crippen molar-refractivity contribution in [2.24, 2.45) is 17.8 Å². The summed E-state index contributed by atoms with van der Waals surface area (Å²) < 4.78 is 2.43. The first kappa shape index (κ1) is 13.6. The second kappa shape index (κ2) is 5.01. The summed E-state index contributed by atoms with van der Waals surface area (Å²) in [5, 5.41) is -0.0431. The smallest absolute Gasteiger partial charge is 0.127 e. The van der Waals surface area contributed by atoms with Gasteiger partial charge in [-0.05, 0) is 63.0 Å². The Morgan fingerprint density at radius 1 is 1.19 bits per heavy atom. The zero-order chi connectivity index (χ0) is 14.6. The molecule has 1 aromatic heterocycles. The van der Waals surface area contributed by atoms with Gasteiger partial charge in [-0.15, -0.1) is 11.6 Å². The molecule has 5 unspecified atom stereocenters. The van der Waals surface area contributed by atoms with E-state index in [0.717, 1.165) is 29.1 Å². The maximum atomic E-state index is 6.43. The maximum Gasteiger partial charge on any atom is 0.127 e. The lowest BCUT2D eigenvalue weighted by Crippen LogP contribution is -2.23. The summed E-state index contributed by atoms with van der Waals surface area (Å²) in [4.78, 5) is 4.80. The van der Waals surface area contributed by atoms with Gasteiger partial charge in [0.05, 0.1) is 16.4 Å². The van der Waals surface area contributed by atoms with E-state index < -0.39 is 0 Å². The minimum Gasteiger partial charge on any atom is -0.324 e. The lowest BCUT2D eigenvalue weighted by atomic mass is 9.83. The highest BCUT2D eigenvalue weighted by Crippen LogP contribution is 2.52. The van der Waals surface area contributed by atoms with E-state index in [9.17, 15) is 0 Å². The summed E-state index contributed by atoms with van der Waals surface area (Å²) in [6.07, 6.45) is 5.73. The molecule has 2 saturated carbocycles. The van der Waals surface area contributed by atoms with Crippen LogP contribution in [0.3, 0.4) is 0 Å². The van der Waals surface area contributed by atoms with Gasteiger partial charge in [0, 0.05) is 6.04 Å². The molecule has 3 heteroatoms. The molecule has 0 radical (unpaired) electrons. The summed E-state index contributed by atoms with van der Waals surface area (Å²) in [7, 11) is 0. The van der Waals surface area contributed by atoms with Crippen LogP contribution in [0.2, 0.25) is 0 Å². The van der Waals surface area contributed by atoms with E-state index in [0.29, 0.717) is 6.04 Å². The monoisotopic (exact) mass is 302 g/mol. The van der Waals surface area contributed by atoms with Gasteiger partial charge in [-0.2, -0.15) is 0 Å². The highest BCUT2D eigenvalue weighted by atomic mass is 35.5. The number of fused-ring (bicyclic) bond motifs is 3. The van der Waals surface area contributed by atoms with Crippen LogP contribution >= 0.6 is 11.6 Å². The zero-order valence-corrected chi connectivity index (χ0v) is 13.6. The van der Waals surface area contributed by atoms with Crippen LogP contribution in [0.1, 0.15) is 56.8 Å². The van der Waals surface area contributed by atoms with Gasteiger partial charge < -0.3 is 4.57 Å². The third-order valence-corrected chi connectivity index (χ3v) is 5.99. The zero-order valence-electron chi connectivity index (χ0n) is 12.8. The number of alkyl halides is 1. The van der Waals surface area contributed by atoms with Crippen molar-refractivity contribution in [1.82, 2.24) is 9.55 Å². The van der Waals surface area contributed by atoms with E-state index in [4.69, 9.17) is 16.6 Å². The number of para-hydroxylation sites is 2. The fourth-order valence-electron chi connectivity index (χ4n) is 4.85. The van der Waals surface area contributed by atoms with Crippen LogP contribution in [0.5, 0.6) is 0 Å². The molecule has 0 amide bonds. The Labute approximate surface area is 131 Å². The summed E-state index contributed by atoms with van der Waals surface area (Å²) in [5.41, 5.74) is 2.32. The molecule has 0 aliphatic heterocycles. The quantitative estimate of drug-likeness (QED) is 0.700. The Bertz CT molecular complexity index is 660. The minimum absolute atomic E-state index is 0.0431. The largest absolute Gasteiger partial charge is 0.324 e. The van der Waals surface area contributed by atoms with Gasteiger partial charge in [0.15, 0.2) is 0 Å². The van der Waals surface area contributed by atoms with Crippen molar-refractivity contribution in [2.45, 2.75) is 50.9 Å². The SMILES string of the molecule is CC(Cl)c1nc2ccccc2n1C(C)C1CC2CCC1C2. The van der Waals surface area contributed by atoms with Crippen molar-refractivity contribution >= 4 is 22.6 Å². The summed E-state index contributed by atoms with van der Waals surface area (Å²) in [5.74, 6) is 3.74. The lowest BCUT2D eigenvalue weighted by Gasteiger charge is -2.30. The number of hydrogen-bond donors (Lipinski definition) is 0. The average Bonchev–Trinajstić information content (AvgIpc) is 3.19. The molecular formula is C18H23ClN2. The average molecular weight is 303 g/mol. The van der Waals surface area contributed by atoms with Crippen LogP contribution in [0.4, 0.5) is 0 Å². The van der Waals surface area contributed by atoms with Gasteiger partial charge in [-0.25, -0.2) is 4.98 Å². The standard InChI is InChI=1S/C18H23ClN2/c1-11(19)18-20-16-5-3-4-6-17(16)21(18)12(2)15-10-13-7-8-14(15)9-13/h3-6,11-15H,7-10H2,1-2H3. The molecule has 1 heterocycles. The highest BCUT2D eigenvalue weighted by Gasteiger charge is 2.43. The first-order chi connectivity index (χ1) is 10.1. The summed E-state index contributed by atoms with van der Waals surface area (Å²) >= 11 is 6.43. The molecular weight excluding hydrogens is 280 g/mol. The Morgan fingerprint density at radius 2 is 2.00 bits per heavy atom. The number of aromatic nitrogens is 2. The van der Waals surface area contributed by atoms with Crippen molar-refractivity contribution in [3.05, 3.63) is 30.1 Å². The Balaban J connectivity index is 1.79. The van der Waals surface area contributed by atoms with E-state index >= 15 is 0 Å². The molecule has 2 aliphatic rings. The van der Waals surface area contributed by atoms with Crippen molar-refractivity contribution in [2.75, 3.05) is 0 Å². The van der Waals surface area contributed by atoms with Gasteiger partial charge in [-0.3, -0.25) is 0 Å². The molecule has 1 aromatic carbocycles. The lowest BCUT2D eigenvalue weighted by molar-refractivity contribution is 0.243. The molecule has 2 bridgehead atoms. The molecule has 112 valence electrons. The molecule has 2 aliphatic carbocycles. The predicted octanol–water partition coefficient (Wildman–Crippen LogP) is 5.33. The topological polar surface area (TPSA) is 17.8 Å². The van der Waals surface area contributed by atoms with Crippen molar-refractivity contribution in [1.29, 1.82) is 0 Å². The Kier molecular flexibility index (Phi) is 3.25. The number of imidazole rings is 1. The molecule has 0 N–H and O–H groups in total. The number of nitrogens with zero attached hydrogens (tertiary/aromatic N) is 2. The van der Waals surface area contributed by atoms with Crippen LogP contribution < -0.4 is 0 Å². The molecule has 4 rings (SSSR count). The fraction of sp³-hybridized carbons (Fsp3) is 0.611. The van der Waals surface area contributed by atoms with Crippen LogP contribution in [-0.2, 0) is 0 Å². The second-order valence-electron chi connectivity index (χ2n) is 7.02. The van der Waals surface area contributed by atoms with Crippen LogP contribution in [0.25, 0.3) is 11.0 Å². The second-order valence-corrected chi connectivity index (χ2v) is 7.68. The molecule has 2 fully saturated rings. The van der Waals surface area contributed by atoms with Crippen molar-refractivity contribution in [3.8, 4) is 0 Å². The number of hydrogen-bond acceptors (Lipinski definition) is 1. The van der Waals surface area contributed by atoms with Crippen molar-refractivity contribution < 1.29 is 0 Å². The van der Waals surface area contributed by atoms with E-state index in [2.05, 4.69) is 35.8 Å². The van der Waals surface area contributed by atoms with Gasteiger partial charge in [-0.1, -0.05) is 18.6 Å². The first-order valence-electron chi connectivity index (χ1n) is 8.26. The molecule has 0 spiro atoms. The molecule has 2 nitrogen and oxygen atoms in total. The third kappa shape index (κ3) is 2.11. The molecule has 0 saturated heterocycles. The Morgan fingerprint density at radius 3 is 2.67 bits per heavy atom. The third-order valence-electron chi connectivity index (χ3n) is 5.80. The first-order valence-corrected chi connectivity index (χ1v) is 8.69. The van der Waals surface area contributed by atoms with Gasteiger partial charge >= 0.3 is 0 Å². The highest BCUT2D eigenvalue weighted by molar-refractivity contribution is 6.20. The molecule has 21 heavy (non-hydrogen) atoms. The predicted molar refractivity (Wildman–Crippen MR) is 87.7 cm³/mol. The van der Waals surface area contributed by atoms with E-state index in [1.807, 2.05) is 6.92 Å². The number of rotatable bonds is 3. The van der Waals surface area contributed by atoms with Crippen LogP contribution in [-0.4, -0.2) is 9.55 Å².